The molecule has 1 fully saturated rings. The lowest BCUT2D eigenvalue weighted by molar-refractivity contribution is -0.123. The van der Waals surface area contributed by atoms with Crippen LogP contribution in [0, 0.1) is 17.8 Å². The minimum Gasteiger partial charge on any atom is -0.459 e. The van der Waals surface area contributed by atoms with Gasteiger partial charge in [-0.25, -0.2) is 0 Å². The Balaban J connectivity index is 1.32. The van der Waals surface area contributed by atoms with Crippen LogP contribution in [0.2, 0.25) is 0 Å². The number of allylic oxidation sites excluding steroid dienone is 1. The number of hydrogen-bond donors (Lipinski definition) is 5. The van der Waals surface area contributed by atoms with E-state index in [2.05, 4.69) is 5.32 Å². The standard InChI is InChI=1S/C33H36N2O7/c1-20(15-25-12-13-26(18-37)42-25)7-14-29(39)30-21(17-36)16-27-31(28(30)19-38)33(41)35(32(27)40)24-10-8-23(9-11-24)34-22-5-3-2-4-6-22/h2-6,8-13,15,27-29,31,34,36-39H,7,14,16-19H2,1H3/b20-15+/t27-,28+,29-,31-/m1/s1. The van der Waals surface area contributed by atoms with Gasteiger partial charge >= 0.3 is 0 Å². The first-order valence-electron chi connectivity index (χ1n) is 14.1. The molecule has 4 atom stereocenters. The summed E-state index contributed by atoms with van der Waals surface area (Å²) in [5.41, 5.74) is 4.01. The third kappa shape index (κ3) is 5.96. The average Bonchev–Trinajstić information content (AvgIpc) is 3.56. The summed E-state index contributed by atoms with van der Waals surface area (Å²) >= 11 is 0. The number of carbonyl (C=O) groups excluding carboxylic acids is 2. The number of aliphatic hydroxyl groups is 4. The number of nitrogens with one attached hydrogen (secondary N) is 1. The second kappa shape index (κ2) is 12.9. The monoisotopic (exact) mass is 572 g/mol. The summed E-state index contributed by atoms with van der Waals surface area (Å²) in [6, 6.07) is 20.1. The van der Waals surface area contributed by atoms with Gasteiger partial charge in [0.05, 0.1) is 36.8 Å². The maximum absolute atomic E-state index is 13.7. The van der Waals surface area contributed by atoms with Crippen LogP contribution in [0.15, 0.2) is 87.9 Å². The van der Waals surface area contributed by atoms with Crippen LogP contribution < -0.4 is 10.2 Å². The summed E-state index contributed by atoms with van der Waals surface area (Å²) in [5.74, 6) is -2.08. The molecule has 2 amide bonds. The lowest BCUT2D eigenvalue weighted by Crippen LogP contribution is -2.39. The van der Waals surface area contributed by atoms with Crippen molar-refractivity contribution in [3.8, 4) is 0 Å². The number of anilines is 3. The lowest BCUT2D eigenvalue weighted by Gasteiger charge is -2.36. The van der Waals surface area contributed by atoms with Gasteiger partial charge in [0.15, 0.2) is 0 Å². The van der Waals surface area contributed by atoms with E-state index in [0.29, 0.717) is 41.2 Å². The first kappa shape index (κ1) is 29.5. The fraction of sp³-hybridized carbons (Fsp3) is 0.333. The minimum absolute atomic E-state index is 0.143. The van der Waals surface area contributed by atoms with E-state index in [1.165, 1.54) is 4.90 Å². The van der Waals surface area contributed by atoms with Gasteiger partial charge < -0.3 is 30.2 Å². The number of para-hydroxylation sites is 1. The van der Waals surface area contributed by atoms with E-state index in [1.54, 1.807) is 36.4 Å². The molecule has 1 saturated heterocycles. The number of benzene rings is 2. The Morgan fingerprint density at radius 2 is 1.69 bits per heavy atom. The highest BCUT2D eigenvalue weighted by Gasteiger charge is 2.55. The van der Waals surface area contributed by atoms with Gasteiger partial charge in [0.25, 0.3) is 0 Å². The Kier molecular flexibility index (Phi) is 9.03. The van der Waals surface area contributed by atoms with Crippen LogP contribution in [0.4, 0.5) is 17.1 Å². The maximum atomic E-state index is 13.7. The number of aliphatic hydroxyl groups excluding tert-OH is 4. The first-order chi connectivity index (χ1) is 20.3. The summed E-state index contributed by atoms with van der Waals surface area (Å²) in [4.78, 5) is 28.4. The molecule has 1 aliphatic carbocycles. The molecule has 0 spiro atoms. The Bertz CT molecular complexity index is 1480. The highest BCUT2D eigenvalue weighted by atomic mass is 16.4. The quantitative estimate of drug-likeness (QED) is 0.170. The number of carbonyl (C=O) groups is 2. The van der Waals surface area contributed by atoms with Crippen LogP contribution in [-0.2, 0) is 16.2 Å². The van der Waals surface area contributed by atoms with E-state index in [9.17, 15) is 30.0 Å². The first-order valence-corrected chi connectivity index (χ1v) is 14.1. The molecule has 0 bridgehead atoms. The van der Waals surface area contributed by atoms with Crippen LogP contribution in [-0.4, -0.2) is 51.6 Å². The molecule has 3 aromatic rings. The summed E-state index contributed by atoms with van der Waals surface area (Å²) in [6.45, 7) is 0.894. The number of fused-ring (bicyclic) bond motifs is 1. The van der Waals surface area contributed by atoms with Crippen molar-refractivity contribution in [3.05, 3.63) is 95.0 Å². The third-order valence-corrected chi connectivity index (χ3v) is 8.16. The van der Waals surface area contributed by atoms with E-state index in [0.717, 1.165) is 16.9 Å². The molecule has 1 aromatic heterocycles. The maximum Gasteiger partial charge on any atom is 0.238 e. The van der Waals surface area contributed by atoms with Gasteiger partial charge in [0.2, 0.25) is 11.8 Å². The molecule has 2 heterocycles. The van der Waals surface area contributed by atoms with Gasteiger partial charge in [-0.05, 0) is 91.9 Å². The smallest absolute Gasteiger partial charge is 0.238 e. The molecular weight excluding hydrogens is 536 g/mol. The van der Waals surface area contributed by atoms with Crippen molar-refractivity contribution >= 4 is 35.0 Å². The third-order valence-electron chi connectivity index (χ3n) is 8.16. The van der Waals surface area contributed by atoms with Crippen molar-refractivity contribution in [2.45, 2.75) is 38.9 Å². The highest BCUT2D eigenvalue weighted by molar-refractivity contribution is 6.22. The molecule has 42 heavy (non-hydrogen) atoms. The average molecular weight is 573 g/mol. The number of hydrogen-bond acceptors (Lipinski definition) is 8. The molecule has 9 heteroatoms. The van der Waals surface area contributed by atoms with Crippen LogP contribution in [0.1, 0.15) is 37.7 Å². The summed E-state index contributed by atoms with van der Waals surface area (Å²) in [6.07, 6.45) is 1.74. The number of furan rings is 1. The van der Waals surface area contributed by atoms with E-state index >= 15 is 0 Å². The van der Waals surface area contributed by atoms with Crippen molar-refractivity contribution in [2.75, 3.05) is 23.4 Å². The summed E-state index contributed by atoms with van der Waals surface area (Å²) < 4.78 is 5.50. The Hall–Kier alpha value is -4.02. The Morgan fingerprint density at radius 1 is 0.976 bits per heavy atom. The topological polar surface area (TPSA) is 143 Å². The molecule has 220 valence electrons. The second-order valence-corrected chi connectivity index (χ2v) is 10.9. The number of rotatable bonds is 11. The molecule has 2 aliphatic rings. The molecule has 1 aliphatic heterocycles. The number of nitrogens with zero attached hydrogens (tertiary/aromatic N) is 1. The van der Waals surface area contributed by atoms with E-state index in [4.69, 9.17) is 4.42 Å². The van der Waals surface area contributed by atoms with Crippen molar-refractivity contribution in [1.82, 2.24) is 0 Å². The fourth-order valence-corrected chi connectivity index (χ4v) is 6.13. The van der Waals surface area contributed by atoms with Crippen molar-refractivity contribution in [2.24, 2.45) is 17.8 Å². The second-order valence-electron chi connectivity index (χ2n) is 10.9. The van der Waals surface area contributed by atoms with Crippen LogP contribution in [0.5, 0.6) is 0 Å². The van der Waals surface area contributed by atoms with Crippen molar-refractivity contribution in [3.63, 3.8) is 0 Å². The predicted molar refractivity (Wildman–Crippen MR) is 158 cm³/mol. The van der Waals surface area contributed by atoms with Gasteiger partial charge in [-0.3, -0.25) is 14.5 Å². The predicted octanol–water partition coefficient (Wildman–Crippen LogP) is 4.17. The summed E-state index contributed by atoms with van der Waals surface area (Å²) in [7, 11) is 0. The van der Waals surface area contributed by atoms with E-state index < -0.39 is 36.4 Å². The molecule has 9 nitrogen and oxygen atoms in total. The van der Waals surface area contributed by atoms with Gasteiger partial charge in [0.1, 0.15) is 18.1 Å². The Labute approximate surface area is 244 Å². The Morgan fingerprint density at radius 3 is 2.33 bits per heavy atom. The molecule has 0 radical (unpaired) electrons. The molecule has 0 saturated carbocycles. The molecule has 5 rings (SSSR count). The molecule has 5 N–H and O–H groups in total. The molecular formula is C33H36N2O7. The molecule has 2 aromatic carbocycles. The van der Waals surface area contributed by atoms with Gasteiger partial charge in [-0.15, -0.1) is 0 Å². The van der Waals surface area contributed by atoms with Gasteiger partial charge in [0, 0.05) is 17.3 Å². The minimum atomic E-state index is -1.02. The van der Waals surface area contributed by atoms with Gasteiger partial charge in [-0.1, -0.05) is 23.8 Å². The zero-order valence-electron chi connectivity index (χ0n) is 23.4. The van der Waals surface area contributed by atoms with Crippen molar-refractivity contribution in [1.29, 1.82) is 0 Å². The largest absolute Gasteiger partial charge is 0.459 e. The normalized spacial score (nSPS) is 21.6. The molecule has 0 unspecified atom stereocenters. The van der Waals surface area contributed by atoms with E-state index in [-0.39, 0.29) is 25.5 Å². The highest BCUT2D eigenvalue weighted by Crippen LogP contribution is 2.47. The fourth-order valence-electron chi connectivity index (χ4n) is 6.13. The van der Waals surface area contributed by atoms with Crippen LogP contribution >= 0.6 is 0 Å². The summed E-state index contributed by atoms with van der Waals surface area (Å²) in [5, 5.41) is 44.4. The SMILES string of the molecule is C/C(=C\c1ccc(CO)o1)CC[C@@H](O)C1=C(CO)C[C@H]2C(=O)N(c3ccc(Nc4ccccc4)cc3)C(=O)[C@H]2[C@H]1CO. The van der Waals surface area contributed by atoms with Crippen LogP contribution in [0.3, 0.4) is 0 Å². The van der Waals surface area contributed by atoms with Crippen molar-refractivity contribution < 1.29 is 34.4 Å². The van der Waals surface area contributed by atoms with Crippen LogP contribution in [0.25, 0.3) is 6.08 Å². The zero-order valence-corrected chi connectivity index (χ0v) is 23.4. The van der Waals surface area contributed by atoms with Gasteiger partial charge in [-0.2, -0.15) is 0 Å². The van der Waals surface area contributed by atoms with E-state index in [1.807, 2.05) is 43.3 Å². The number of amides is 2. The number of imide groups is 1. The lowest BCUT2D eigenvalue weighted by atomic mass is 9.68. The zero-order chi connectivity index (χ0) is 29.8.